The van der Waals surface area contributed by atoms with Crippen LogP contribution in [0.15, 0.2) is 15.9 Å². The van der Waals surface area contributed by atoms with Crippen LogP contribution in [0.2, 0.25) is 0 Å². The molecule has 0 spiro atoms. The fourth-order valence-electron chi connectivity index (χ4n) is 3.45. The smallest absolute Gasteiger partial charge is 0.344 e. The molecule has 4 unspecified atom stereocenters. The van der Waals surface area contributed by atoms with Gasteiger partial charge >= 0.3 is 34.8 Å². The molecule has 0 bridgehead atoms. The van der Waals surface area contributed by atoms with E-state index in [2.05, 4.69) is 13.6 Å². The van der Waals surface area contributed by atoms with Crippen molar-refractivity contribution in [2.75, 3.05) is 0 Å². The molecule has 178 valence electrons. The van der Waals surface area contributed by atoms with Crippen molar-refractivity contribution < 1.29 is 55.5 Å². The minimum absolute atomic E-state index is 0.174. The van der Waals surface area contributed by atoms with E-state index in [1.807, 2.05) is 5.92 Å². The van der Waals surface area contributed by atoms with Crippen LogP contribution in [0.25, 0.3) is 0 Å². The summed E-state index contributed by atoms with van der Waals surface area (Å²) < 4.78 is 67.8. The molecule has 0 aromatic carbocycles. The van der Waals surface area contributed by atoms with Gasteiger partial charge in [0, 0.05) is 5.92 Å². The van der Waals surface area contributed by atoms with Crippen LogP contribution in [0.3, 0.4) is 0 Å². The molecule has 2 fully saturated rings. The summed E-state index contributed by atoms with van der Waals surface area (Å²) in [7, 11) is -16.9. The lowest BCUT2D eigenvalue weighted by atomic mass is 9.98. The Kier molecular flexibility index (Phi) is 6.09. The van der Waals surface area contributed by atoms with E-state index in [-0.39, 0.29) is 6.42 Å². The highest BCUT2D eigenvalue weighted by atomic mass is 31.3. The summed E-state index contributed by atoms with van der Waals surface area (Å²) in [5.74, 6) is 0.659. The van der Waals surface area contributed by atoms with Gasteiger partial charge in [-0.1, -0.05) is 5.92 Å². The van der Waals surface area contributed by atoms with E-state index < -0.39 is 64.4 Å². The summed E-state index contributed by atoms with van der Waals surface area (Å²) in [6.07, 6.45) is 2.39. The Morgan fingerprint density at radius 1 is 1.31 bits per heavy atom. The molecule has 1 aliphatic carbocycles. The Morgan fingerprint density at radius 2 is 1.94 bits per heavy atom. The zero-order chi connectivity index (χ0) is 24.3. The van der Waals surface area contributed by atoms with Crippen LogP contribution >= 0.6 is 23.5 Å². The number of hydrogen-bond acceptors (Lipinski definition) is 10. The fraction of sp³-hybridized carbons (Fsp3) is 0.583. The number of halogens is 1. The monoisotopic (exact) mass is 521 g/mol. The molecule has 0 radical (unpaired) electrons. The first kappa shape index (κ1) is 25.1. The number of fused-ring (bicyclic) bond motifs is 1. The van der Waals surface area contributed by atoms with Crippen LogP contribution in [-0.4, -0.2) is 51.5 Å². The van der Waals surface area contributed by atoms with Gasteiger partial charge in [-0.2, -0.15) is 13.6 Å². The number of nitrogens with zero attached hydrogens (tertiary/aromatic N) is 2. The number of ether oxygens (including phenoxy) is 1. The summed E-state index contributed by atoms with van der Waals surface area (Å²) in [4.78, 5) is 64.2. The number of hydrogen-bond donors (Lipinski definition) is 5. The Balaban J connectivity index is 1.83. The zero-order valence-corrected chi connectivity index (χ0v) is 18.4. The van der Waals surface area contributed by atoms with Crippen molar-refractivity contribution in [1.82, 2.24) is 14.5 Å². The maximum absolute atomic E-state index is 15.6. The lowest BCUT2D eigenvalue weighted by Crippen LogP contribution is -2.42. The molecule has 3 rings (SSSR count). The van der Waals surface area contributed by atoms with Crippen molar-refractivity contribution in [3.63, 3.8) is 0 Å². The standard InChI is InChI=1S/C12H15FN3O13P3/c1-3-11(13)7-4-12(7,26-8(11)16-5-14-9(17)15-10(16)18)6(2)27-31(22,23)29-32(24,25)28-30(19,20)21/h1,5-8H,4H2,2H3,(H,22,23)(H,24,25)(H,15,17,18)(H2,19,20,21)/t6-,7?,8+,11?,12-/m0/s1. The fourth-order valence-corrected chi connectivity index (χ4v) is 6.68. The molecule has 1 saturated carbocycles. The van der Waals surface area contributed by atoms with E-state index in [9.17, 15) is 33.1 Å². The van der Waals surface area contributed by atoms with Gasteiger partial charge in [0.2, 0.25) is 5.67 Å². The topological polar surface area (TPSA) is 237 Å². The maximum atomic E-state index is 15.6. The third kappa shape index (κ3) is 4.72. The number of rotatable bonds is 8. The Hall–Kier alpha value is -1.53. The number of nitrogens with one attached hydrogen (secondary N) is 1. The van der Waals surface area contributed by atoms with Gasteiger partial charge in [0.05, 0.1) is 6.10 Å². The molecule has 1 saturated heterocycles. The highest BCUT2D eigenvalue weighted by Gasteiger charge is 2.78. The van der Waals surface area contributed by atoms with Gasteiger partial charge in [-0.15, -0.1) is 6.42 Å². The zero-order valence-electron chi connectivity index (χ0n) is 15.7. The quantitative estimate of drug-likeness (QED) is 0.210. The number of H-pyrrole nitrogens is 1. The van der Waals surface area contributed by atoms with Crippen molar-refractivity contribution in [2.45, 2.75) is 36.9 Å². The van der Waals surface area contributed by atoms with Gasteiger partial charge in [-0.3, -0.25) is 14.1 Å². The molecule has 5 N–H and O–H groups in total. The van der Waals surface area contributed by atoms with E-state index in [0.29, 0.717) is 10.9 Å². The van der Waals surface area contributed by atoms with Crippen molar-refractivity contribution in [1.29, 1.82) is 0 Å². The summed E-state index contributed by atoms with van der Waals surface area (Å²) in [5, 5.41) is 0. The first-order valence-electron chi connectivity index (χ1n) is 8.29. The number of terminal acetylenes is 1. The third-order valence-corrected chi connectivity index (χ3v) is 8.68. The second-order valence-corrected chi connectivity index (χ2v) is 11.2. The number of aromatic nitrogens is 3. The van der Waals surface area contributed by atoms with Crippen molar-refractivity contribution in [3.05, 3.63) is 27.3 Å². The van der Waals surface area contributed by atoms with Crippen LogP contribution in [-0.2, 0) is 31.6 Å². The predicted molar refractivity (Wildman–Crippen MR) is 97.2 cm³/mol. The second kappa shape index (κ2) is 7.76. The molecule has 32 heavy (non-hydrogen) atoms. The average Bonchev–Trinajstić information content (AvgIpc) is 3.27. The summed E-state index contributed by atoms with van der Waals surface area (Å²) >= 11 is 0. The lowest BCUT2D eigenvalue weighted by Gasteiger charge is -2.28. The van der Waals surface area contributed by atoms with Crippen molar-refractivity contribution in [2.24, 2.45) is 5.92 Å². The molecule has 0 amide bonds. The maximum Gasteiger partial charge on any atom is 0.490 e. The van der Waals surface area contributed by atoms with Gasteiger partial charge in [-0.05, 0) is 13.3 Å². The van der Waals surface area contributed by atoms with E-state index in [1.165, 1.54) is 0 Å². The molecular formula is C12H15FN3O13P3. The van der Waals surface area contributed by atoms with E-state index in [0.717, 1.165) is 6.92 Å². The Labute approximate surface area is 176 Å². The number of phosphoric acid groups is 3. The summed E-state index contributed by atoms with van der Waals surface area (Å²) in [6.45, 7) is 1.09. The molecular weight excluding hydrogens is 506 g/mol. The summed E-state index contributed by atoms with van der Waals surface area (Å²) in [5.41, 5.74) is -6.50. The van der Waals surface area contributed by atoms with Crippen molar-refractivity contribution >= 4 is 23.5 Å². The van der Waals surface area contributed by atoms with Crippen LogP contribution < -0.4 is 11.4 Å². The van der Waals surface area contributed by atoms with Crippen LogP contribution in [0.4, 0.5) is 4.39 Å². The van der Waals surface area contributed by atoms with Gasteiger partial charge in [0.25, 0.3) is 0 Å². The van der Waals surface area contributed by atoms with E-state index >= 15 is 4.39 Å². The second-order valence-electron chi connectivity index (χ2n) is 6.82. The molecule has 20 heteroatoms. The Bertz CT molecular complexity index is 1240. The highest BCUT2D eigenvalue weighted by Crippen LogP contribution is 2.71. The normalized spacial score (nSPS) is 34.0. The minimum Gasteiger partial charge on any atom is -0.344 e. The number of aromatic amines is 1. The van der Waals surface area contributed by atoms with Gasteiger partial charge in [0.1, 0.15) is 11.9 Å². The molecule has 16 nitrogen and oxygen atoms in total. The molecule has 1 aliphatic heterocycles. The molecule has 1 aromatic rings. The SMILES string of the molecule is C#CC1(F)C2C[C@@]2([C@H](C)OP(=O)(O)OP(=O)(O)OP(=O)(O)O)O[C@H]1n1cnc(=O)[nH]c1=O. The molecule has 1 aromatic heterocycles. The van der Waals surface area contributed by atoms with Gasteiger partial charge in [0.15, 0.2) is 6.23 Å². The average molecular weight is 521 g/mol. The molecule has 2 heterocycles. The van der Waals surface area contributed by atoms with Crippen molar-refractivity contribution in [3.8, 4) is 12.3 Å². The Morgan fingerprint density at radius 3 is 2.47 bits per heavy atom. The molecule has 2 aliphatic rings. The van der Waals surface area contributed by atoms with Gasteiger partial charge in [-0.25, -0.2) is 27.7 Å². The molecule has 7 atom stereocenters. The number of alkyl halides is 1. The van der Waals surface area contributed by atoms with Crippen LogP contribution in [0, 0.1) is 18.3 Å². The third-order valence-electron chi connectivity index (χ3n) is 4.77. The largest absolute Gasteiger partial charge is 0.490 e. The highest BCUT2D eigenvalue weighted by molar-refractivity contribution is 7.66. The van der Waals surface area contributed by atoms with Crippen LogP contribution in [0.5, 0.6) is 0 Å². The first-order valence-corrected chi connectivity index (χ1v) is 12.8. The lowest BCUT2D eigenvalue weighted by molar-refractivity contribution is -0.111. The van der Waals surface area contributed by atoms with Crippen LogP contribution in [0.1, 0.15) is 19.6 Å². The summed E-state index contributed by atoms with van der Waals surface area (Å²) in [6, 6.07) is 0. The predicted octanol–water partition coefficient (Wildman–Crippen LogP) is -0.708. The van der Waals surface area contributed by atoms with Gasteiger partial charge < -0.3 is 24.3 Å². The van der Waals surface area contributed by atoms with E-state index in [1.54, 1.807) is 4.98 Å². The first-order chi connectivity index (χ1) is 14.4. The number of phosphoric ester groups is 1. The minimum atomic E-state index is -5.77. The van der Waals surface area contributed by atoms with E-state index in [4.69, 9.17) is 25.5 Å².